The Balaban J connectivity index is 1.63. The molecule has 3 rings (SSSR count). The number of likely N-dealkylation sites (tertiary alicyclic amines) is 1. The molecule has 1 heterocycles. The fourth-order valence-corrected chi connectivity index (χ4v) is 3.88. The van der Waals surface area contributed by atoms with E-state index in [0.717, 1.165) is 36.8 Å². The molecule has 6 heteroatoms. The van der Waals surface area contributed by atoms with Crippen LogP contribution in [-0.4, -0.2) is 35.6 Å². The van der Waals surface area contributed by atoms with E-state index in [1.54, 1.807) is 6.07 Å². The van der Waals surface area contributed by atoms with Gasteiger partial charge in [-0.1, -0.05) is 59.1 Å². The van der Waals surface area contributed by atoms with Crippen molar-refractivity contribution in [2.24, 2.45) is 0 Å². The number of hydrogen-bond donors (Lipinski definition) is 1. The Labute approximate surface area is 180 Å². The molecule has 1 aliphatic heterocycles. The topological polar surface area (TPSA) is 41.6 Å². The zero-order chi connectivity index (χ0) is 19.8. The molecule has 1 amide bonds. The molecule has 1 fully saturated rings. The van der Waals surface area contributed by atoms with E-state index in [0.29, 0.717) is 23.0 Å². The largest absolute Gasteiger partial charge is 0.492 e. The summed E-state index contributed by atoms with van der Waals surface area (Å²) < 4.78 is 6.75. The molecule has 0 atom stereocenters. The number of carbonyl (C=O) groups is 1. The second-order valence-corrected chi connectivity index (χ2v) is 8.19. The lowest BCUT2D eigenvalue weighted by atomic mass is 10.1. The van der Waals surface area contributed by atoms with Crippen LogP contribution in [0.5, 0.6) is 5.75 Å². The van der Waals surface area contributed by atoms with Crippen molar-refractivity contribution in [1.29, 1.82) is 0 Å². The Morgan fingerprint density at radius 2 is 1.79 bits per heavy atom. The second-order valence-electron chi connectivity index (χ2n) is 6.89. The number of ether oxygens (including phenoxy) is 1. The lowest BCUT2D eigenvalue weighted by Crippen LogP contribution is -2.43. The van der Waals surface area contributed by atoms with Crippen LogP contribution in [0.3, 0.4) is 0 Å². The van der Waals surface area contributed by atoms with E-state index in [9.17, 15) is 4.79 Å². The number of rotatable bonds is 5. The number of halogens is 1. The van der Waals surface area contributed by atoms with Gasteiger partial charge in [0.2, 0.25) is 0 Å². The number of benzene rings is 2. The van der Waals surface area contributed by atoms with E-state index in [1.807, 2.05) is 30.3 Å². The second kappa shape index (κ2) is 10.6. The molecule has 2 aromatic rings. The maximum Gasteiger partial charge on any atom is 0.261 e. The Morgan fingerprint density at radius 1 is 1.07 bits per heavy atom. The first kappa shape index (κ1) is 20.8. The molecule has 2 aromatic carbocycles. The van der Waals surface area contributed by atoms with Crippen molar-refractivity contribution in [2.45, 2.75) is 32.1 Å². The first-order valence-corrected chi connectivity index (χ1v) is 10.9. The number of thiocarbonyl (C=S) groups is 1. The summed E-state index contributed by atoms with van der Waals surface area (Å²) in [7, 11) is 0. The zero-order valence-corrected chi connectivity index (χ0v) is 18.2. The molecule has 1 N–H and O–H groups in total. The molecule has 0 aliphatic carbocycles. The van der Waals surface area contributed by atoms with E-state index >= 15 is 0 Å². The molecule has 0 aromatic heterocycles. The van der Waals surface area contributed by atoms with Crippen LogP contribution < -0.4 is 10.1 Å². The van der Waals surface area contributed by atoms with Gasteiger partial charge in [0.1, 0.15) is 5.75 Å². The van der Waals surface area contributed by atoms with Crippen molar-refractivity contribution in [3.8, 4) is 5.75 Å². The first-order valence-electron chi connectivity index (χ1n) is 9.70. The average Bonchev–Trinajstić information content (AvgIpc) is 2.99. The third kappa shape index (κ3) is 6.04. The van der Waals surface area contributed by atoms with Gasteiger partial charge in [0, 0.05) is 24.0 Å². The third-order valence-corrected chi connectivity index (χ3v) is 5.64. The number of nitrogens with zero attached hydrogens (tertiary/aromatic N) is 1. The summed E-state index contributed by atoms with van der Waals surface area (Å²) in [6, 6.07) is 15.6. The average molecular weight is 461 g/mol. The van der Waals surface area contributed by atoms with Crippen LogP contribution in [0.4, 0.5) is 0 Å². The standard InChI is InChI=1S/C22H25BrN2O2S/c23-18-10-11-20(27-15-12-17-8-4-3-5-9-17)19(16-18)21(26)24-22(28)25-13-6-1-2-7-14-25/h3-5,8-11,16H,1-2,6-7,12-15H2,(H,24,26,28). The van der Waals surface area contributed by atoms with Crippen LogP contribution >= 0.6 is 28.1 Å². The van der Waals surface area contributed by atoms with Gasteiger partial charge in [-0.15, -0.1) is 0 Å². The molecule has 1 aliphatic rings. The van der Waals surface area contributed by atoms with Crippen LogP contribution in [0.2, 0.25) is 0 Å². The lowest BCUT2D eigenvalue weighted by molar-refractivity contribution is 0.0969. The van der Waals surface area contributed by atoms with E-state index in [4.69, 9.17) is 17.0 Å². The summed E-state index contributed by atoms with van der Waals surface area (Å²) in [5.41, 5.74) is 1.69. The molecule has 148 valence electrons. The van der Waals surface area contributed by atoms with Gasteiger partial charge in [-0.2, -0.15) is 0 Å². The molecule has 0 radical (unpaired) electrons. The molecule has 1 saturated heterocycles. The van der Waals surface area contributed by atoms with Crippen LogP contribution in [0, 0.1) is 0 Å². The highest BCUT2D eigenvalue weighted by molar-refractivity contribution is 9.10. The first-order chi connectivity index (χ1) is 13.6. The van der Waals surface area contributed by atoms with Crippen molar-refractivity contribution in [2.75, 3.05) is 19.7 Å². The molecular formula is C22H25BrN2O2S. The predicted molar refractivity (Wildman–Crippen MR) is 120 cm³/mol. The van der Waals surface area contributed by atoms with Gasteiger partial charge >= 0.3 is 0 Å². The molecule has 4 nitrogen and oxygen atoms in total. The van der Waals surface area contributed by atoms with Crippen molar-refractivity contribution >= 4 is 39.2 Å². The Kier molecular flexibility index (Phi) is 7.86. The fraction of sp³-hybridized carbons (Fsp3) is 0.364. The third-order valence-electron chi connectivity index (χ3n) is 4.79. The van der Waals surface area contributed by atoms with Gasteiger partial charge in [0.25, 0.3) is 5.91 Å². The molecule has 0 bridgehead atoms. The number of nitrogens with one attached hydrogen (secondary N) is 1. The maximum atomic E-state index is 12.9. The summed E-state index contributed by atoms with van der Waals surface area (Å²) in [4.78, 5) is 15.0. The van der Waals surface area contributed by atoms with Gasteiger partial charge in [-0.05, 0) is 48.8 Å². The van der Waals surface area contributed by atoms with Crippen LogP contribution in [0.25, 0.3) is 0 Å². The van der Waals surface area contributed by atoms with Gasteiger partial charge in [0.05, 0.1) is 12.2 Å². The summed E-state index contributed by atoms with van der Waals surface area (Å²) in [6.07, 6.45) is 5.45. The molecular weight excluding hydrogens is 436 g/mol. The molecule has 0 spiro atoms. The van der Waals surface area contributed by atoms with Crippen molar-refractivity contribution in [3.05, 3.63) is 64.1 Å². The predicted octanol–water partition coefficient (Wildman–Crippen LogP) is 4.96. The van der Waals surface area contributed by atoms with Crippen molar-refractivity contribution < 1.29 is 9.53 Å². The van der Waals surface area contributed by atoms with E-state index in [-0.39, 0.29) is 5.91 Å². The monoisotopic (exact) mass is 460 g/mol. The highest BCUT2D eigenvalue weighted by Gasteiger charge is 2.18. The Hall–Kier alpha value is -1.92. The minimum Gasteiger partial charge on any atom is -0.492 e. The van der Waals surface area contributed by atoms with Crippen LogP contribution in [0.15, 0.2) is 53.0 Å². The minimum absolute atomic E-state index is 0.231. The Bertz CT molecular complexity index is 805. The zero-order valence-electron chi connectivity index (χ0n) is 15.8. The SMILES string of the molecule is O=C(NC(=S)N1CCCCCC1)c1cc(Br)ccc1OCCc1ccccc1. The van der Waals surface area contributed by atoms with Gasteiger partial charge in [-0.3, -0.25) is 10.1 Å². The van der Waals surface area contributed by atoms with Gasteiger partial charge < -0.3 is 9.64 Å². The number of carbonyl (C=O) groups excluding carboxylic acids is 1. The maximum absolute atomic E-state index is 12.9. The highest BCUT2D eigenvalue weighted by atomic mass is 79.9. The Morgan fingerprint density at radius 3 is 2.50 bits per heavy atom. The smallest absolute Gasteiger partial charge is 0.261 e. The molecule has 0 saturated carbocycles. The van der Waals surface area contributed by atoms with Crippen LogP contribution in [0.1, 0.15) is 41.6 Å². The minimum atomic E-state index is -0.231. The van der Waals surface area contributed by atoms with E-state index < -0.39 is 0 Å². The fourth-order valence-electron chi connectivity index (χ4n) is 3.25. The normalized spacial score (nSPS) is 14.2. The quantitative estimate of drug-likeness (QED) is 0.640. The van der Waals surface area contributed by atoms with Crippen LogP contribution in [-0.2, 0) is 6.42 Å². The number of amides is 1. The van der Waals surface area contributed by atoms with Gasteiger partial charge in [-0.25, -0.2) is 0 Å². The summed E-state index contributed by atoms with van der Waals surface area (Å²) >= 11 is 8.92. The molecule has 0 unspecified atom stereocenters. The summed E-state index contributed by atoms with van der Waals surface area (Å²) in [5, 5.41) is 3.39. The van der Waals surface area contributed by atoms with E-state index in [1.165, 1.54) is 18.4 Å². The van der Waals surface area contributed by atoms with Crippen molar-refractivity contribution in [3.63, 3.8) is 0 Å². The van der Waals surface area contributed by atoms with Gasteiger partial charge in [0.15, 0.2) is 5.11 Å². The summed E-state index contributed by atoms with van der Waals surface area (Å²) in [6.45, 7) is 2.30. The molecule has 28 heavy (non-hydrogen) atoms. The summed E-state index contributed by atoms with van der Waals surface area (Å²) in [5.74, 6) is 0.334. The number of hydrogen-bond acceptors (Lipinski definition) is 3. The highest BCUT2D eigenvalue weighted by Crippen LogP contribution is 2.24. The van der Waals surface area contributed by atoms with E-state index in [2.05, 4.69) is 38.3 Å². The lowest BCUT2D eigenvalue weighted by Gasteiger charge is -2.23. The van der Waals surface area contributed by atoms with Crippen molar-refractivity contribution in [1.82, 2.24) is 10.2 Å².